The molecule has 1 saturated carbocycles. The maximum atomic E-state index is 3.58. The number of hydrogen-bond acceptors (Lipinski definition) is 3. The summed E-state index contributed by atoms with van der Waals surface area (Å²) in [7, 11) is 6.55. The van der Waals surface area contributed by atoms with Gasteiger partial charge in [0.2, 0.25) is 0 Å². The predicted molar refractivity (Wildman–Crippen MR) is 80.2 cm³/mol. The average Bonchev–Trinajstić information content (AvgIpc) is 3.11. The third-order valence-corrected chi connectivity index (χ3v) is 3.62. The molecule has 0 unspecified atom stereocenters. The molecule has 1 aliphatic rings. The van der Waals surface area contributed by atoms with Gasteiger partial charge < -0.3 is 15.1 Å². The molecule has 0 radical (unpaired) electrons. The van der Waals surface area contributed by atoms with Crippen LogP contribution in [0.15, 0.2) is 0 Å². The standard InChI is InChI=1S/C15H33N3/c1-17(2)12-8-14-18(3)13-7-5-4-6-11-16-15-9-10-15/h15-16H,4-14H2,1-3H3. The molecule has 1 N–H and O–H groups in total. The highest BCUT2D eigenvalue weighted by Crippen LogP contribution is 2.18. The summed E-state index contributed by atoms with van der Waals surface area (Å²) in [6, 6.07) is 0.882. The fourth-order valence-electron chi connectivity index (χ4n) is 2.22. The molecule has 0 aliphatic heterocycles. The van der Waals surface area contributed by atoms with Crippen molar-refractivity contribution in [1.29, 1.82) is 0 Å². The van der Waals surface area contributed by atoms with Crippen LogP contribution in [0.2, 0.25) is 0 Å². The minimum Gasteiger partial charge on any atom is -0.314 e. The first kappa shape index (κ1) is 15.9. The van der Waals surface area contributed by atoms with Crippen LogP contribution in [0.25, 0.3) is 0 Å². The summed E-state index contributed by atoms with van der Waals surface area (Å²) < 4.78 is 0. The topological polar surface area (TPSA) is 18.5 Å². The van der Waals surface area contributed by atoms with E-state index < -0.39 is 0 Å². The van der Waals surface area contributed by atoms with E-state index in [2.05, 4.69) is 36.3 Å². The first-order valence-electron chi connectivity index (χ1n) is 7.75. The van der Waals surface area contributed by atoms with Crippen molar-refractivity contribution >= 4 is 0 Å². The van der Waals surface area contributed by atoms with Crippen molar-refractivity contribution in [3.8, 4) is 0 Å². The lowest BCUT2D eigenvalue weighted by molar-refractivity contribution is 0.294. The third kappa shape index (κ3) is 9.86. The van der Waals surface area contributed by atoms with E-state index in [9.17, 15) is 0 Å². The molecule has 0 aromatic carbocycles. The van der Waals surface area contributed by atoms with E-state index in [1.807, 2.05) is 0 Å². The molecule has 1 aliphatic carbocycles. The molecule has 1 rings (SSSR count). The Balaban J connectivity index is 1.75. The van der Waals surface area contributed by atoms with Crippen LogP contribution in [-0.4, -0.2) is 63.2 Å². The lowest BCUT2D eigenvalue weighted by atomic mass is 10.2. The Hall–Kier alpha value is -0.120. The minimum atomic E-state index is 0.882. The van der Waals surface area contributed by atoms with Crippen LogP contribution in [0.4, 0.5) is 0 Å². The molecule has 18 heavy (non-hydrogen) atoms. The fourth-order valence-corrected chi connectivity index (χ4v) is 2.22. The Kier molecular flexibility index (Phi) is 8.64. The average molecular weight is 255 g/mol. The van der Waals surface area contributed by atoms with Crippen LogP contribution >= 0.6 is 0 Å². The Morgan fingerprint density at radius 2 is 1.50 bits per heavy atom. The summed E-state index contributed by atoms with van der Waals surface area (Å²) in [5.74, 6) is 0. The van der Waals surface area contributed by atoms with Gasteiger partial charge in [-0.2, -0.15) is 0 Å². The van der Waals surface area contributed by atoms with Gasteiger partial charge in [0.1, 0.15) is 0 Å². The van der Waals surface area contributed by atoms with Gasteiger partial charge in [-0.3, -0.25) is 0 Å². The molecular weight excluding hydrogens is 222 g/mol. The van der Waals surface area contributed by atoms with Gasteiger partial charge in [-0.25, -0.2) is 0 Å². The number of rotatable bonds is 12. The van der Waals surface area contributed by atoms with Gasteiger partial charge >= 0.3 is 0 Å². The van der Waals surface area contributed by atoms with E-state index in [0.717, 1.165) is 6.04 Å². The summed E-state index contributed by atoms with van der Waals surface area (Å²) in [6.45, 7) is 4.95. The number of hydrogen-bond donors (Lipinski definition) is 1. The van der Waals surface area contributed by atoms with Crippen molar-refractivity contribution in [3.63, 3.8) is 0 Å². The third-order valence-electron chi connectivity index (χ3n) is 3.62. The monoisotopic (exact) mass is 255 g/mol. The molecule has 1 fully saturated rings. The molecule has 0 bridgehead atoms. The van der Waals surface area contributed by atoms with Crippen LogP contribution in [-0.2, 0) is 0 Å². The van der Waals surface area contributed by atoms with Gasteiger partial charge in [0.25, 0.3) is 0 Å². The molecular formula is C15H33N3. The zero-order chi connectivity index (χ0) is 13.2. The van der Waals surface area contributed by atoms with Crippen LogP contribution in [0.3, 0.4) is 0 Å². The van der Waals surface area contributed by atoms with Crippen molar-refractivity contribution in [2.24, 2.45) is 0 Å². The van der Waals surface area contributed by atoms with Gasteiger partial charge in [0, 0.05) is 6.04 Å². The van der Waals surface area contributed by atoms with Gasteiger partial charge in [0.15, 0.2) is 0 Å². The zero-order valence-electron chi connectivity index (χ0n) is 12.7. The number of nitrogens with one attached hydrogen (secondary N) is 1. The highest BCUT2D eigenvalue weighted by molar-refractivity contribution is 4.80. The second kappa shape index (κ2) is 9.76. The van der Waals surface area contributed by atoms with E-state index in [1.54, 1.807) is 0 Å². The Morgan fingerprint density at radius 1 is 0.833 bits per heavy atom. The molecule has 0 aromatic heterocycles. The van der Waals surface area contributed by atoms with Crippen LogP contribution in [0, 0.1) is 0 Å². The largest absolute Gasteiger partial charge is 0.314 e. The minimum absolute atomic E-state index is 0.882. The molecule has 0 saturated heterocycles. The quantitative estimate of drug-likeness (QED) is 0.539. The molecule has 0 aromatic rings. The molecule has 3 heteroatoms. The lowest BCUT2D eigenvalue weighted by Crippen LogP contribution is -2.24. The molecule has 108 valence electrons. The SMILES string of the molecule is CN(C)CCCN(C)CCCCCCNC1CC1. The second-order valence-electron chi connectivity index (χ2n) is 6.10. The Morgan fingerprint density at radius 3 is 2.17 bits per heavy atom. The van der Waals surface area contributed by atoms with Gasteiger partial charge in [0.05, 0.1) is 0 Å². The van der Waals surface area contributed by atoms with E-state index in [0.29, 0.717) is 0 Å². The van der Waals surface area contributed by atoms with Crippen molar-refractivity contribution in [3.05, 3.63) is 0 Å². The molecule has 0 amide bonds. The predicted octanol–water partition coefficient (Wildman–Crippen LogP) is 2.18. The maximum Gasteiger partial charge on any atom is 0.00682 e. The highest BCUT2D eigenvalue weighted by atomic mass is 15.1. The first-order chi connectivity index (χ1) is 8.68. The van der Waals surface area contributed by atoms with Gasteiger partial charge in [-0.15, -0.1) is 0 Å². The van der Waals surface area contributed by atoms with Gasteiger partial charge in [-0.05, 0) is 79.4 Å². The summed E-state index contributed by atoms with van der Waals surface area (Å²) in [5, 5.41) is 3.58. The summed E-state index contributed by atoms with van der Waals surface area (Å²) in [5.41, 5.74) is 0. The van der Waals surface area contributed by atoms with E-state index in [4.69, 9.17) is 0 Å². The zero-order valence-corrected chi connectivity index (χ0v) is 12.7. The van der Waals surface area contributed by atoms with E-state index in [1.165, 1.54) is 71.1 Å². The van der Waals surface area contributed by atoms with Crippen molar-refractivity contribution in [2.45, 2.75) is 51.0 Å². The second-order valence-corrected chi connectivity index (χ2v) is 6.10. The first-order valence-corrected chi connectivity index (χ1v) is 7.75. The Bertz CT molecular complexity index is 190. The van der Waals surface area contributed by atoms with Gasteiger partial charge in [-0.1, -0.05) is 12.8 Å². The molecule has 0 atom stereocenters. The summed E-state index contributed by atoms with van der Waals surface area (Å²) >= 11 is 0. The molecule has 0 spiro atoms. The normalized spacial score (nSPS) is 15.8. The van der Waals surface area contributed by atoms with E-state index >= 15 is 0 Å². The maximum absolute atomic E-state index is 3.58. The van der Waals surface area contributed by atoms with Crippen LogP contribution in [0.1, 0.15) is 44.9 Å². The number of unbranched alkanes of at least 4 members (excludes halogenated alkanes) is 3. The van der Waals surface area contributed by atoms with E-state index in [-0.39, 0.29) is 0 Å². The van der Waals surface area contributed by atoms with Crippen molar-refractivity contribution in [1.82, 2.24) is 15.1 Å². The summed E-state index contributed by atoms with van der Waals surface area (Å²) in [4.78, 5) is 4.74. The van der Waals surface area contributed by atoms with Crippen LogP contribution in [0.5, 0.6) is 0 Å². The van der Waals surface area contributed by atoms with Crippen molar-refractivity contribution in [2.75, 3.05) is 47.3 Å². The summed E-state index contributed by atoms with van der Waals surface area (Å²) in [6.07, 6.45) is 9.63. The molecule has 0 heterocycles. The smallest absolute Gasteiger partial charge is 0.00682 e. The van der Waals surface area contributed by atoms with Crippen molar-refractivity contribution < 1.29 is 0 Å². The fraction of sp³-hybridized carbons (Fsp3) is 1.00. The Labute approximate surface area is 114 Å². The lowest BCUT2D eigenvalue weighted by Gasteiger charge is -2.17. The highest BCUT2D eigenvalue weighted by Gasteiger charge is 2.19. The molecule has 3 nitrogen and oxygen atoms in total. The van der Waals surface area contributed by atoms with Crippen LogP contribution < -0.4 is 5.32 Å². The number of nitrogens with zero attached hydrogens (tertiary/aromatic N) is 2.